The first-order valence-electron chi connectivity index (χ1n) is 9.56. The lowest BCUT2D eigenvalue weighted by molar-refractivity contribution is 0.146. The van der Waals surface area contributed by atoms with Gasteiger partial charge in [-0.2, -0.15) is 0 Å². The van der Waals surface area contributed by atoms with Crippen LogP contribution in [0.2, 0.25) is 0 Å². The van der Waals surface area contributed by atoms with Gasteiger partial charge in [-0.1, -0.05) is 13.0 Å². The van der Waals surface area contributed by atoms with Crippen LogP contribution in [0.4, 0.5) is 22.0 Å². The highest BCUT2D eigenvalue weighted by Crippen LogP contribution is 2.37. The van der Waals surface area contributed by atoms with E-state index >= 15 is 0 Å². The SMILES string of the molecule is CCc1cc(C(F)F)nc2cc(C)c(Oc3cc(C(F)F)nc4c(F)cccc34)cc12. The maximum absolute atomic E-state index is 14.2. The van der Waals surface area contributed by atoms with Crippen LogP contribution in [-0.4, -0.2) is 9.97 Å². The minimum Gasteiger partial charge on any atom is -0.456 e. The molecule has 0 amide bonds. The van der Waals surface area contributed by atoms with Gasteiger partial charge in [-0.3, -0.25) is 0 Å². The van der Waals surface area contributed by atoms with Crippen molar-refractivity contribution in [1.82, 2.24) is 9.97 Å². The number of alkyl halides is 4. The quantitative estimate of drug-likeness (QED) is 0.307. The van der Waals surface area contributed by atoms with E-state index in [0.29, 0.717) is 34.2 Å². The molecular weight excluding hydrogens is 415 g/mol. The topological polar surface area (TPSA) is 35.0 Å². The van der Waals surface area contributed by atoms with Crippen LogP contribution in [0.1, 0.15) is 42.3 Å². The molecule has 3 nitrogen and oxygen atoms in total. The van der Waals surface area contributed by atoms with Gasteiger partial charge >= 0.3 is 0 Å². The van der Waals surface area contributed by atoms with E-state index < -0.39 is 24.4 Å². The zero-order valence-corrected chi connectivity index (χ0v) is 16.6. The smallest absolute Gasteiger partial charge is 0.280 e. The number of hydrogen-bond donors (Lipinski definition) is 0. The highest BCUT2D eigenvalue weighted by Gasteiger charge is 2.19. The average molecular weight is 432 g/mol. The Morgan fingerprint density at radius 3 is 2.26 bits per heavy atom. The highest BCUT2D eigenvalue weighted by atomic mass is 19.3. The lowest BCUT2D eigenvalue weighted by atomic mass is 10.0. The van der Waals surface area contributed by atoms with Crippen LogP contribution in [0.3, 0.4) is 0 Å². The monoisotopic (exact) mass is 432 g/mol. The fourth-order valence-corrected chi connectivity index (χ4v) is 3.48. The summed E-state index contributed by atoms with van der Waals surface area (Å²) >= 11 is 0. The van der Waals surface area contributed by atoms with Crippen molar-refractivity contribution in [2.24, 2.45) is 0 Å². The summed E-state index contributed by atoms with van der Waals surface area (Å²) in [5.41, 5.74) is 0.472. The molecule has 0 saturated carbocycles. The Labute approximate surface area is 174 Å². The molecule has 2 aromatic carbocycles. The second kappa shape index (κ2) is 8.09. The molecule has 0 aliphatic rings. The van der Waals surface area contributed by atoms with Crippen molar-refractivity contribution in [2.45, 2.75) is 33.1 Å². The van der Waals surface area contributed by atoms with E-state index in [0.717, 1.165) is 12.1 Å². The van der Waals surface area contributed by atoms with E-state index in [-0.39, 0.29) is 22.3 Å². The second-order valence-corrected chi connectivity index (χ2v) is 7.08. The molecule has 2 aromatic heterocycles. The number of pyridine rings is 2. The number of benzene rings is 2. The maximum atomic E-state index is 14.2. The van der Waals surface area contributed by atoms with Crippen molar-refractivity contribution < 1.29 is 26.7 Å². The minimum absolute atomic E-state index is 0.0254. The number of nitrogens with zero attached hydrogens (tertiary/aromatic N) is 2. The molecule has 0 aliphatic carbocycles. The van der Waals surface area contributed by atoms with Crippen molar-refractivity contribution >= 4 is 21.8 Å². The first-order chi connectivity index (χ1) is 14.8. The molecule has 2 heterocycles. The van der Waals surface area contributed by atoms with Crippen LogP contribution >= 0.6 is 0 Å². The standard InChI is InChI=1S/C23H17F5N2O/c1-3-12-8-17(22(25)26)29-16-7-11(2)19(9-14(12)16)31-20-10-18(23(27)28)30-21-13(20)5-4-6-15(21)24/h4-10,22-23H,3H2,1-2H3. The van der Waals surface area contributed by atoms with Crippen LogP contribution < -0.4 is 4.74 Å². The van der Waals surface area contributed by atoms with Gasteiger partial charge in [0, 0.05) is 16.8 Å². The summed E-state index contributed by atoms with van der Waals surface area (Å²) in [5.74, 6) is -0.389. The van der Waals surface area contributed by atoms with Crippen molar-refractivity contribution in [2.75, 3.05) is 0 Å². The van der Waals surface area contributed by atoms with E-state index in [1.165, 1.54) is 18.2 Å². The van der Waals surface area contributed by atoms with Crippen molar-refractivity contribution in [3.63, 3.8) is 0 Å². The number of halogens is 5. The first-order valence-corrected chi connectivity index (χ1v) is 9.56. The molecule has 0 spiro atoms. The van der Waals surface area contributed by atoms with E-state index in [4.69, 9.17) is 4.74 Å². The number of aryl methyl sites for hydroxylation is 2. The van der Waals surface area contributed by atoms with Crippen LogP contribution in [0, 0.1) is 12.7 Å². The van der Waals surface area contributed by atoms with Crippen LogP contribution in [-0.2, 0) is 6.42 Å². The fraction of sp³-hybridized carbons (Fsp3) is 0.217. The predicted molar refractivity (Wildman–Crippen MR) is 108 cm³/mol. The molecule has 4 rings (SSSR count). The molecule has 0 bridgehead atoms. The number of fused-ring (bicyclic) bond motifs is 2. The van der Waals surface area contributed by atoms with Gasteiger partial charge in [0.2, 0.25) is 0 Å². The van der Waals surface area contributed by atoms with Crippen LogP contribution in [0.25, 0.3) is 21.8 Å². The lowest BCUT2D eigenvalue weighted by Crippen LogP contribution is -1.99. The third kappa shape index (κ3) is 3.89. The molecule has 0 N–H and O–H groups in total. The summed E-state index contributed by atoms with van der Waals surface area (Å²) in [6.45, 7) is 3.52. The largest absolute Gasteiger partial charge is 0.456 e. The number of ether oxygens (including phenoxy) is 1. The second-order valence-electron chi connectivity index (χ2n) is 7.08. The van der Waals surface area contributed by atoms with Gasteiger partial charge in [0.05, 0.1) is 5.52 Å². The molecular formula is C23H17F5N2O. The minimum atomic E-state index is -2.91. The van der Waals surface area contributed by atoms with Crippen molar-refractivity contribution in [3.8, 4) is 11.5 Å². The van der Waals surface area contributed by atoms with E-state index in [2.05, 4.69) is 9.97 Å². The van der Waals surface area contributed by atoms with Crippen LogP contribution in [0.15, 0.2) is 42.5 Å². The molecule has 160 valence electrons. The Hall–Kier alpha value is -3.29. The third-order valence-electron chi connectivity index (χ3n) is 5.03. The third-order valence-corrected chi connectivity index (χ3v) is 5.03. The highest BCUT2D eigenvalue weighted by molar-refractivity contribution is 5.88. The van der Waals surface area contributed by atoms with Crippen LogP contribution in [0.5, 0.6) is 11.5 Å². The maximum Gasteiger partial charge on any atom is 0.280 e. The molecule has 0 radical (unpaired) electrons. The van der Waals surface area contributed by atoms with Gasteiger partial charge in [-0.15, -0.1) is 0 Å². The molecule has 0 unspecified atom stereocenters. The lowest BCUT2D eigenvalue weighted by Gasteiger charge is -2.15. The summed E-state index contributed by atoms with van der Waals surface area (Å²) in [6, 6.07) is 9.77. The number of rotatable bonds is 5. The summed E-state index contributed by atoms with van der Waals surface area (Å²) in [7, 11) is 0. The molecule has 0 atom stereocenters. The zero-order chi connectivity index (χ0) is 22.3. The summed E-state index contributed by atoms with van der Waals surface area (Å²) in [4.78, 5) is 7.74. The average Bonchev–Trinajstić information content (AvgIpc) is 2.73. The van der Waals surface area contributed by atoms with Crippen molar-refractivity contribution in [3.05, 3.63) is 70.8 Å². The number of hydrogen-bond acceptors (Lipinski definition) is 3. The van der Waals surface area contributed by atoms with E-state index in [1.807, 2.05) is 6.92 Å². The van der Waals surface area contributed by atoms with E-state index in [9.17, 15) is 22.0 Å². The van der Waals surface area contributed by atoms with Gasteiger partial charge in [-0.05, 0) is 54.8 Å². The first kappa shape index (κ1) is 21.0. The Morgan fingerprint density at radius 2 is 1.58 bits per heavy atom. The van der Waals surface area contributed by atoms with Gasteiger partial charge in [0.1, 0.15) is 34.2 Å². The fourth-order valence-electron chi connectivity index (χ4n) is 3.48. The molecule has 8 heteroatoms. The Balaban J connectivity index is 1.89. The number of aromatic nitrogens is 2. The predicted octanol–water partition coefficient (Wildman–Crippen LogP) is 7.46. The van der Waals surface area contributed by atoms with E-state index in [1.54, 1.807) is 19.1 Å². The summed E-state index contributed by atoms with van der Waals surface area (Å²) < 4.78 is 73.1. The van der Waals surface area contributed by atoms with Gasteiger partial charge < -0.3 is 4.74 Å². The Morgan fingerprint density at radius 1 is 0.871 bits per heavy atom. The van der Waals surface area contributed by atoms with Crippen molar-refractivity contribution in [1.29, 1.82) is 0 Å². The molecule has 31 heavy (non-hydrogen) atoms. The molecule has 0 aliphatic heterocycles. The Bertz CT molecular complexity index is 1290. The normalized spacial score (nSPS) is 11.8. The summed E-state index contributed by atoms with van der Waals surface area (Å²) in [5, 5.41) is 0.858. The van der Waals surface area contributed by atoms with Gasteiger partial charge in [0.15, 0.2) is 0 Å². The molecule has 4 aromatic rings. The van der Waals surface area contributed by atoms with Gasteiger partial charge in [0.25, 0.3) is 12.9 Å². The van der Waals surface area contributed by atoms with Gasteiger partial charge in [-0.25, -0.2) is 31.9 Å². The number of para-hydroxylation sites is 1. The molecule has 0 fully saturated rings. The Kier molecular flexibility index (Phi) is 5.47. The molecule has 0 saturated heterocycles. The summed E-state index contributed by atoms with van der Waals surface area (Å²) in [6.07, 6.45) is -5.12. The zero-order valence-electron chi connectivity index (χ0n) is 16.6.